The molecule has 1 unspecified atom stereocenters. The smallest absolute Gasteiger partial charge is 0.333 e. The molecule has 0 aromatic heterocycles. The average molecular weight is 397 g/mol. The summed E-state index contributed by atoms with van der Waals surface area (Å²) in [5, 5.41) is 23.0. The Bertz CT molecular complexity index is 918. The van der Waals surface area contributed by atoms with Crippen molar-refractivity contribution < 1.29 is 28.9 Å². The number of rotatable bonds is 9. The molecule has 0 amide bonds. The summed E-state index contributed by atoms with van der Waals surface area (Å²) in [6.07, 6.45) is -0.159. The fourth-order valence-electron chi connectivity index (χ4n) is 2.88. The number of benzene rings is 2. The molecule has 8 heteroatoms. The molecule has 2 rings (SSSR count). The third-order valence-corrected chi connectivity index (χ3v) is 4.32. The van der Waals surface area contributed by atoms with Crippen LogP contribution in [-0.4, -0.2) is 33.3 Å². The molecule has 0 radical (unpaired) electrons. The lowest BCUT2D eigenvalue weighted by Gasteiger charge is -2.23. The van der Waals surface area contributed by atoms with E-state index in [0.29, 0.717) is 33.9 Å². The minimum Gasteiger partial charge on any atom is -0.550 e. The Morgan fingerprint density at radius 3 is 2.34 bits per heavy atom. The summed E-state index contributed by atoms with van der Waals surface area (Å²) in [7, 11) is 4.18. The molecule has 0 heterocycles. The number of aliphatic carboxylic acids is 1. The topological polar surface area (TPSA) is 121 Å². The van der Waals surface area contributed by atoms with Crippen LogP contribution in [0.2, 0.25) is 0 Å². The van der Waals surface area contributed by atoms with E-state index in [9.17, 15) is 14.7 Å². The van der Waals surface area contributed by atoms with E-state index in [0.717, 1.165) is 0 Å². The van der Waals surface area contributed by atoms with Gasteiger partial charge in [0, 0.05) is 23.3 Å². The third kappa shape index (κ3) is 5.39. The maximum absolute atomic E-state index is 12.6. The van der Waals surface area contributed by atoms with E-state index in [2.05, 4.69) is 5.32 Å². The molecule has 2 aromatic carbocycles. The molecule has 0 spiro atoms. The van der Waals surface area contributed by atoms with E-state index in [1.165, 1.54) is 21.3 Å². The number of carbonyl (C=O) groups excluding carboxylic acids is 2. The van der Waals surface area contributed by atoms with Gasteiger partial charge in [-0.15, -0.1) is 0 Å². The first-order chi connectivity index (χ1) is 13.9. The number of hydrogen-bond donors (Lipinski definition) is 1. The van der Waals surface area contributed by atoms with Gasteiger partial charge in [-0.05, 0) is 48.7 Å². The van der Waals surface area contributed by atoms with Crippen LogP contribution < -0.4 is 19.9 Å². The number of nitrogens with zero attached hydrogens (tertiary/aromatic N) is 1. The van der Waals surface area contributed by atoms with Gasteiger partial charge in [0.05, 0.1) is 33.0 Å². The summed E-state index contributed by atoms with van der Waals surface area (Å²) in [5.41, 5.74) is 2.03. The molecular formula is C21H21N2O6-. The van der Waals surface area contributed by atoms with Crippen LogP contribution in [0.25, 0.3) is 0 Å². The lowest BCUT2D eigenvalue weighted by molar-refractivity contribution is -0.305. The fraction of sp³-hybridized carbons (Fsp3) is 0.286. The summed E-state index contributed by atoms with van der Waals surface area (Å²) >= 11 is 0. The molecule has 0 saturated heterocycles. The quantitative estimate of drug-likeness (QED) is 0.633. The molecule has 152 valence electrons. The Morgan fingerprint density at radius 2 is 1.83 bits per heavy atom. The molecule has 8 nitrogen and oxygen atoms in total. The number of carbonyl (C=O) groups is 2. The summed E-state index contributed by atoms with van der Waals surface area (Å²) in [6, 6.07) is 10.8. The second-order valence-corrected chi connectivity index (χ2v) is 6.06. The number of carboxylic acid groups (broad SMARTS) is 1. The Labute approximate surface area is 168 Å². The first-order valence-electron chi connectivity index (χ1n) is 8.72. The molecule has 0 aliphatic heterocycles. The number of nitrogens with one attached hydrogen (secondary N) is 1. The van der Waals surface area contributed by atoms with Crippen molar-refractivity contribution in [1.29, 1.82) is 5.26 Å². The van der Waals surface area contributed by atoms with Crippen LogP contribution in [0.4, 0.5) is 5.69 Å². The van der Waals surface area contributed by atoms with Crippen molar-refractivity contribution in [2.75, 3.05) is 26.6 Å². The highest BCUT2D eigenvalue weighted by molar-refractivity contribution is 5.82. The van der Waals surface area contributed by atoms with Crippen LogP contribution in [0.3, 0.4) is 0 Å². The fourth-order valence-corrected chi connectivity index (χ4v) is 2.88. The normalized spacial score (nSPS) is 11.1. The van der Waals surface area contributed by atoms with Gasteiger partial charge in [-0.1, -0.05) is 0 Å². The number of hydrogen-bond acceptors (Lipinski definition) is 8. The Morgan fingerprint density at radius 1 is 1.14 bits per heavy atom. The van der Waals surface area contributed by atoms with Gasteiger partial charge in [0.25, 0.3) is 0 Å². The average Bonchev–Trinajstić information content (AvgIpc) is 2.75. The first kappa shape index (κ1) is 21.6. The molecule has 0 aliphatic rings. The number of ether oxygens (including phenoxy) is 3. The molecule has 0 fully saturated rings. The highest BCUT2D eigenvalue weighted by Gasteiger charge is 2.27. The third-order valence-electron chi connectivity index (χ3n) is 4.32. The number of carboxylic acids is 1. The van der Waals surface area contributed by atoms with Gasteiger partial charge >= 0.3 is 5.97 Å². The summed E-state index contributed by atoms with van der Waals surface area (Å²) < 4.78 is 15.6. The highest BCUT2D eigenvalue weighted by atomic mass is 16.5. The van der Waals surface area contributed by atoms with Crippen molar-refractivity contribution in [2.24, 2.45) is 0 Å². The van der Waals surface area contributed by atoms with Gasteiger partial charge in [0.15, 0.2) is 6.04 Å². The highest BCUT2D eigenvalue weighted by Crippen LogP contribution is 2.35. The number of nitriles is 1. The second-order valence-electron chi connectivity index (χ2n) is 6.06. The Kier molecular flexibility index (Phi) is 7.43. The SMILES string of the molecule is COC(=O)C(Nc1ccc(C#N)cc1)c1cc(OC)cc(OC)c1CCC(=O)[O-]. The molecule has 2 aromatic rings. The zero-order chi connectivity index (χ0) is 21.4. The van der Waals surface area contributed by atoms with Crippen molar-refractivity contribution in [3.63, 3.8) is 0 Å². The largest absolute Gasteiger partial charge is 0.550 e. The molecule has 1 N–H and O–H groups in total. The van der Waals surface area contributed by atoms with Gasteiger partial charge in [-0.25, -0.2) is 4.79 Å². The molecule has 0 saturated carbocycles. The van der Waals surface area contributed by atoms with Crippen molar-refractivity contribution in [1.82, 2.24) is 0 Å². The van der Waals surface area contributed by atoms with Crippen LogP contribution in [-0.2, 0) is 20.7 Å². The monoisotopic (exact) mass is 397 g/mol. The summed E-state index contributed by atoms with van der Waals surface area (Å²) in [4.78, 5) is 23.6. The van der Waals surface area contributed by atoms with Gasteiger partial charge in [-0.2, -0.15) is 5.26 Å². The molecule has 0 aliphatic carbocycles. The van der Waals surface area contributed by atoms with Crippen molar-refractivity contribution in [3.05, 3.63) is 53.1 Å². The minimum atomic E-state index is -1.22. The molecule has 0 bridgehead atoms. The standard InChI is InChI=1S/C21H22N2O6/c1-27-15-10-17(16(8-9-19(24)25)18(11-15)28-2)20(21(26)29-3)23-14-6-4-13(12-22)5-7-14/h4-7,10-11,20,23H,8-9H2,1-3H3,(H,24,25)/p-1. The predicted octanol–water partition coefficient (Wildman–Crippen LogP) is 1.58. The number of methoxy groups -OCH3 is 3. The van der Waals surface area contributed by atoms with E-state index in [1.54, 1.807) is 36.4 Å². The molecule has 29 heavy (non-hydrogen) atoms. The number of anilines is 1. The lowest BCUT2D eigenvalue weighted by atomic mass is 9.95. The van der Waals surface area contributed by atoms with E-state index in [-0.39, 0.29) is 12.8 Å². The van der Waals surface area contributed by atoms with E-state index >= 15 is 0 Å². The maximum atomic E-state index is 12.6. The van der Waals surface area contributed by atoms with Crippen LogP contribution in [0.1, 0.15) is 29.2 Å². The Balaban J connectivity index is 2.55. The van der Waals surface area contributed by atoms with Gasteiger partial charge < -0.3 is 29.4 Å². The predicted molar refractivity (Wildman–Crippen MR) is 102 cm³/mol. The maximum Gasteiger partial charge on any atom is 0.333 e. The van der Waals surface area contributed by atoms with Gasteiger partial charge in [0.2, 0.25) is 0 Å². The van der Waals surface area contributed by atoms with Crippen LogP contribution in [0, 0.1) is 11.3 Å². The van der Waals surface area contributed by atoms with Crippen molar-refractivity contribution in [3.8, 4) is 17.6 Å². The van der Waals surface area contributed by atoms with Crippen LogP contribution in [0.15, 0.2) is 36.4 Å². The van der Waals surface area contributed by atoms with E-state index in [1.807, 2.05) is 6.07 Å². The van der Waals surface area contributed by atoms with E-state index < -0.39 is 18.0 Å². The summed E-state index contributed by atoms with van der Waals surface area (Å²) in [5.74, 6) is -0.983. The van der Waals surface area contributed by atoms with Crippen LogP contribution >= 0.6 is 0 Å². The van der Waals surface area contributed by atoms with Gasteiger partial charge in [0.1, 0.15) is 11.5 Å². The summed E-state index contributed by atoms with van der Waals surface area (Å²) in [6.45, 7) is 0. The van der Waals surface area contributed by atoms with Crippen LogP contribution in [0.5, 0.6) is 11.5 Å². The minimum absolute atomic E-state index is 0.0907. The van der Waals surface area contributed by atoms with E-state index in [4.69, 9.17) is 19.5 Å². The first-order valence-corrected chi connectivity index (χ1v) is 8.72. The molecule has 1 atom stereocenters. The van der Waals surface area contributed by atoms with Crippen molar-refractivity contribution in [2.45, 2.75) is 18.9 Å². The zero-order valence-corrected chi connectivity index (χ0v) is 16.4. The molecular weight excluding hydrogens is 376 g/mol. The second kappa shape index (κ2) is 9.99. The van der Waals surface area contributed by atoms with Crippen molar-refractivity contribution >= 4 is 17.6 Å². The Hall–Kier alpha value is -3.73. The zero-order valence-electron chi connectivity index (χ0n) is 16.4. The lowest BCUT2D eigenvalue weighted by Crippen LogP contribution is -2.25. The number of esters is 1. The van der Waals surface area contributed by atoms with Gasteiger partial charge in [-0.3, -0.25) is 0 Å².